The number of hydrogen-bond donors (Lipinski definition) is 2. The van der Waals surface area contributed by atoms with Crippen LogP contribution in [0.25, 0.3) is 0 Å². The van der Waals surface area contributed by atoms with E-state index >= 15 is 0 Å². The van der Waals surface area contributed by atoms with Crippen molar-refractivity contribution in [1.82, 2.24) is 0 Å². The van der Waals surface area contributed by atoms with Crippen LogP contribution in [0.4, 0.5) is 5.69 Å². The number of quaternary nitrogens is 2. The summed E-state index contributed by atoms with van der Waals surface area (Å²) in [6, 6.07) is 8.05. The van der Waals surface area contributed by atoms with Crippen LogP contribution in [0, 0.1) is 22.0 Å². The zero-order valence-corrected chi connectivity index (χ0v) is 13.7. The van der Waals surface area contributed by atoms with Crippen molar-refractivity contribution < 1.29 is 14.7 Å². The summed E-state index contributed by atoms with van der Waals surface area (Å²) in [5.41, 5.74) is 1.41. The number of nitrogens with zero attached hydrogens (tertiary/aromatic N) is 1. The van der Waals surface area contributed by atoms with Crippen molar-refractivity contribution in [2.45, 2.75) is 38.3 Å². The molecular formula is C18H27N3O2+2. The molecule has 0 spiro atoms. The van der Waals surface area contributed by atoms with Gasteiger partial charge >= 0.3 is 0 Å². The maximum atomic E-state index is 10.7. The van der Waals surface area contributed by atoms with Crippen LogP contribution in [-0.2, 0) is 6.54 Å². The normalized spacial score (nSPS) is 36.3. The van der Waals surface area contributed by atoms with Crippen molar-refractivity contribution in [3.05, 3.63) is 39.9 Å². The molecule has 3 fully saturated rings. The maximum absolute atomic E-state index is 10.7. The Morgan fingerprint density at radius 1 is 1.04 bits per heavy atom. The Morgan fingerprint density at radius 2 is 1.78 bits per heavy atom. The smallest absolute Gasteiger partial charge is 0.269 e. The van der Waals surface area contributed by atoms with E-state index in [9.17, 15) is 10.1 Å². The van der Waals surface area contributed by atoms with Crippen LogP contribution in [0.3, 0.4) is 0 Å². The van der Waals surface area contributed by atoms with Gasteiger partial charge in [-0.15, -0.1) is 0 Å². The van der Waals surface area contributed by atoms with E-state index in [1.54, 1.807) is 17.0 Å². The van der Waals surface area contributed by atoms with Crippen LogP contribution in [0.1, 0.15) is 31.2 Å². The number of fused-ring (bicyclic) bond motifs is 2. The first-order valence-electron chi connectivity index (χ1n) is 9.10. The molecule has 5 heteroatoms. The van der Waals surface area contributed by atoms with Crippen molar-refractivity contribution in [3.63, 3.8) is 0 Å². The lowest BCUT2D eigenvalue weighted by Crippen LogP contribution is -3.29. The van der Waals surface area contributed by atoms with Gasteiger partial charge in [-0.05, 0) is 37.3 Å². The number of nitro groups is 1. The molecule has 1 heterocycles. The number of hydrogen-bond acceptors (Lipinski definition) is 2. The Bertz CT molecular complexity index is 566. The van der Waals surface area contributed by atoms with Gasteiger partial charge in [0.2, 0.25) is 0 Å². The molecule has 4 rings (SSSR count). The molecule has 2 N–H and O–H groups in total. The van der Waals surface area contributed by atoms with E-state index in [-0.39, 0.29) is 10.6 Å². The molecule has 0 unspecified atom stereocenters. The molecule has 2 saturated carbocycles. The van der Waals surface area contributed by atoms with Crippen LogP contribution in [0.5, 0.6) is 0 Å². The molecule has 5 nitrogen and oxygen atoms in total. The molecule has 2 aliphatic carbocycles. The fourth-order valence-electron chi connectivity index (χ4n) is 5.24. The van der Waals surface area contributed by atoms with Crippen LogP contribution in [-0.4, -0.2) is 37.1 Å². The summed E-state index contributed by atoms with van der Waals surface area (Å²) in [6.07, 6.45) is 5.97. The lowest BCUT2D eigenvalue weighted by atomic mass is 9.93. The van der Waals surface area contributed by atoms with Gasteiger partial charge < -0.3 is 9.80 Å². The lowest BCUT2D eigenvalue weighted by molar-refractivity contribution is -1.03. The Morgan fingerprint density at radius 3 is 2.35 bits per heavy atom. The second kappa shape index (κ2) is 6.21. The predicted molar refractivity (Wildman–Crippen MR) is 87.4 cm³/mol. The van der Waals surface area contributed by atoms with Crippen molar-refractivity contribution in [2.24, 2.45) is 11.8 Å². The molecule has 3 atom stereocenters. The van der Waals surface area contributed by atoms with E-state index in [4.69, 9.17) is 0 Å². The third kappa shape index (κ3) is 3.12. The monoisotopic (exact) mass is 317 g/mol. The van der Waals surface area contributed by atoms with E-state index in [0.29, 0.717) is 0 Å². The van der Waals surface area contributed by atoms with Crippen molar-refractivity contribution >= 4 is 5.69 Å². The third-order valence-corrected chi connectivity index (χ3v) is 6.46. The molecule has 124 valence electrons. The summed E-state index contributed by atoms with van der Waals surface area (Å²) in [5, 5.41) is 10.7. The molecule has 1 saturated heterocycles. The summed E-state index contributed by atoms with van der Waals surface area (Å²) in [7, 11) is 0. The predicted octanol–water partition coefficient (Wildman–Crippen LogP) is 0.0668. The minimum Gasteiger partial charge on any atom is -0.323 e. The minimum absolute atomic E-state index is 0.189. The summed E-state index contributed by atoms with van der Waals surface area (Å²) in [4.78, 5) is 13.9. The number of non-ortho nitro benzene ring substituents is 1. The van der Waals surface area contributed by atoms with Gasteiger partial charge in [0.15, 0.2) is 0 Å². The van der Waals surface area contributed by atoms with Crippen molar-refractivity contribution in [3.8, 4) is 0 Å². The maximum Gasteiger partial charge on any atom is 0.269 e. The average Bonchev–Trinajstić information content (AvgIpc) is 3.19. The van der Waals surface area contributed by atoms with Gasteiger partial charge in [-0.3, -0.25) is 10.1 Å². The lowest BCUT2D eigenvalue weighted by Gasteiger charge is -2.36. The highest BCUT2D eigenvalue weighted by Crippen LogP contribution is 2.43. The molecule has 0 radical (unpaired) electrons. The van der Waals surface area contributed by atoms with Crippen LogP contribution >= 0.6 is 0 Å². The Balaban J connectivity index is 1.29. The molecule has 1 aromatic carbocycles. The topological polar surface area (TPSA) is 52.0 Å². The molecule has 3 aliphatic rings. The molecule has 1 aromatic rings. The highest BCUT2D eigenvalue weighted by atomic mass is 16.6. The Hall–Kier alpha value is -1.46. The fourth-order valence-corrected chi connectivity index (χ4v) is 5.24. The standard InChI is InChI=1S/C18H25N3O2/c22-21(23)17-5-2-14(3-6-17)13-19-7-9-20(10-8-19)18-12-15-1-4-16(18)11-15/h2-3,5-6,15-16,18H,1,4,7-13H2/p+2/t15-,16+,18-/m0/s1. The fraction of sp³-hybridized carbons (Fsp3) is 0.667. The van der Waals surface area contributed by atoms with E-state index in [1.807, 2.05) is 17.0 Å². The van der Waals surface area contributed by atoms with Gasteiger partial charge in [0, 0.05) is 30.0 Å². The summed E-state index contributed by atoms with van der Waals surface area (Å²) in [6.45, 7) is 6.08. The number of benzene rings is 1. The van der Waals surface area contributed by atoms with E-state index in [0.717, 1.165) is 24.4 Å². The third-order valence-electron chi connectivity index (χ3n) is 6.46. The number of piperazine rings is 1. The first-order valence-corrected chi connectivity index (χ1v) is 9.10. The van der Waals surface area contributed by atoms with Crippen molar-refractivity contribution in [1.29, 1.82) is 0 Å². The van der Waals surface area contributed by atoms with Crippen molar-refractivity contribution in [2.75, 3.05) is 26.2 Å². The summed E-state index contributed by atoms with van der Waals surface area (Å²) >= 11 is 0. The van der Waals surface area contributed by atoms with Gasteiger partial charge in [-0.2, -0.15) is 0 Å². The zero-order chi connectivity index (χ0) is 15.8. The molecule has 0 aromatic heterocycles. The largest absolute Gasteiger partial charge is 0.323 e. The first kappa shape index (κ1) is 15.1. The highest BCUT2D eigenvalue weighted by molar-refractivity contribution is 5.32. The van der Waals surface area contributed by atoms with Gasteiger partial charge in [-0.25, -0.2) is 0 Å². The molecule has 23 heavy (non-hydrogen) atoms. The van der Waals surface area contributed by atoms with Gasteiger partial charge in [-0.1, -0.05) is 0 Å². The summed E-state index contributed by atoms with van der Waals surface area (Å²) in [5.74, 6) is 2.06. The Labute approximate surface area is 137 Å². The second-order valence-electron chi connectivity index (χ2n) is 7.79. The minimum atomic E-state index is -0.325. The average molecular weight is 317 g/mol. The first-order chi connectivity index (χ1) is 11.2. The number of nitro benzene ring substituents is 1. The molecular weight excluding hydrogens is 290 g/mol. The quantitative estimate of drug-likeness (QED) is 0.610. The number of nitrogens with one attached hydrogen (secondary N) is 2. The van der Waals surface area contributed by atoms with Crippen LogP contribution < -0.4 is 9.80 Å². The van der Waals surface area contributed by atoms with Gasteiger partial charge in [0.05, 0.1) is 11.0 Å². The van der Waals surface area contributed by atoms with Gasteiger partial charge in [0.1, 0.15) is 32.7 Å². The SMILES string of the molecule is O=[N+]([O-])c1ccc(C[NH+]2CC[NH+]([C@H]3C[C@H]4CC[C@@H]3C4)CC2)cc1. The number of rotatable bonds is 4. The summed E-state index contributed by atoms with van der Waals surface area (Å²) < 4.78 is 0. The zero-order valence-electron chi connectivity index (χ0n) is 13.7. The molecule has 2 bridgehead atoms. The van der Waals surface area contributed by atoms with Crippen LogP contribution in [0.2, 0.25) is 0 Å². The van der Waals surface area contributed by atoms with E-state index < -0.39 is 0 Å². The van der Waals surface area contributed by atoms with Crippen LogP contribution in [0.15, 0.2) is 24.3 Å². The Kier molecular flexibility index (Phi) is 4.07. The molecule has 0 amide bonds. The highest BCUT2D eigenvalue weighted by Gasteiger charge is 2.46. The van der Waals surface area contributed by atoms with Gasteiger partial charge in [0.25, 0.3) is 5.69 Å². The van der Waals surface area contributed by atoms with E-state index in [1.165, 1.54) is 57.4 Å². The second-order valence-corrected chi connectivity index (χ2v) is 7.79. The molecule has 1 aliphatic heterocycles. The van der Waals surface area contributed by atoms with E-state index in [2.05, 4.69) is 0 Å².